The van der Waals surface area contributed by atoms with Gasteiger partial charge < -0.3 is 9.26 Å². The summed E-state index contributed by atoms with van der Waals surface area (Å²) >= 11 is 0. The Balaban J connectivity index is 1.61. The van der Waals surface area contributed by atoms with Gasteiger partial charge in [-0.1, -0.05) is 23.7 Å². The maximum Gasteiger partial charge on any atom is 0.170 e. The molecule has 2 aromatic heterocycles. The molecule has 0 saturated carbocycles. The van der Waals surface area contributed by atoms with Crippen LogP contribution >= 0.6 is 0 Å². The monoisotopic (exact) mass is 352 g/mol. The Labute approximate surface area is 153 Å². The van der Waals surface area contributed by atoms with E-state index < -0.39 is 0 Å². The number of nitrogens with one attached hydrogen (secondary N) is 1. The third-order valence-corrected chi connectivity index (χ3v) is 5.03. The van der Waals surface area contributed by atoms with E-state index in [1.165, 1.54) is 18.4 Å². The van der Waals surface area contributed by atoms with Gasteiger partial charge in [-0.15, -0.1) is 0 Å². The van der Waals surface area contributed by atoms with Crippen molar-refractivity contribution in [2.24, 2.45) is 0 Å². The normalized spacial score (nSPS) is 18.2. The van der Waals surface area contributed by atoms with Crippen molar-refractivity contribution < 1.29 is 9.26 Å². The number of aryl methyl sites for hydroxylation is 1. The molecule has 0 aliphatic carbocycles. The van der Waals surface area contributed by atoms with Gasteiger partial charge in [0.2, 0.25) is 0 Å². The average Bonchev–Trinajstić information content (AvgIpc) is 3.31. The van der Waals surface area contributed by atoms with Crippen LogP contribution in [-0.4, -0.2) is 33.9 Å². The van der Waals surface area contributed by atoms with E-state index in [2.05, 4.69) is 32.4 Å². The molecular weight excluding hydrogens is 328 g/mol. The van der Waals surface area contributed by atoms with Crippen LogP contribution in [0.15, 0.2) is 41.1 Å². The van der Waals surface area contributed by atoms with Crippen molar-refractivity contribution in [3.05, 3.63) is 53.5 Å². The third kappa shape index (κ3) is 3.37. The molecule has 6 nitrogen and oxygen atoms in total. The Kier molecular flexibility index (Phi) is 4.75. The Morgan fingerprint density at radius 3 is 3.04 bits per heavy atom. The number of ether oxygens (including phenoxy) is 1. The quantitative estimate of drug-likeness (QED) is 0.748. The predicted octanol–water partition coefficient (Wildman–Crippen LogP) is 4.11. The van der Waals surface area contributed by atoms with E-state index in [1.54, 1.807) is 7.11 Å². The van der Waals surface area contributed by atoms with E-state index in [0.717, 1.165) is 48.0 Å². The van der Waals surface area contributed by atoms with Crippen LogP contribution < -0.4 is 4.74 Å². The molecule has 1 aliphatic heterocycles. The summed E-state index contributed by atoms with van der Waals surface area (Å²) in [5.41, 5.74) is 4.26. The molecule has 0 amide bonds. The highest BCUT2D eigenvalue weighted by atomic mass is 16.5. The molecule has 1 aromatic carbocycles. The van der Waals surface area contributed by atoms with Gasteiger partial charge in [-0.25, -0.2) is 0 Å². The summed E-state index contributed by atoms with van der Waals surface area (Å²) in [7, 11) is 1.71. The summed E-state index contributed by atoms with van der Waals surface area (Å²) in [6.07, 6.45) is 5.37. The van der Waals surface area contributed by atoms with Crippen LogP contribution in [0.5, 0.6) is 5.75 Å². The van der Waals surface area contributed by atoms with Crippen molar-refractivity contribution in [1.29, 1.82) is 0 Å². The Morgan fingerprint density at radius 2 is 2.23 bits per heavy atom. The molecule has 0 spiro atoms. The minimum absolute atomic E-state index is 0.290. The summed E-state index contributed by atoms with van der Waals surface area (Å²) in [6.45, 7) is 3.88. The molecule has 0 radical (unpaired) electrons. The van der Waals surface area contributed by atoms with Crippen LogP contribution in [0, 0.1) is 6.92 Å². The summed E-state index contributed by atoms with van der Waals surface area (Å²) < 4.78 is 10.8. The molecule has 26 heavy (non-hydrogen) atoms. The number of methoxy groups -OCH3 is 1. The highest BCUT2D eigenvalue weighted by molar-refractivity contribution is 5.60. The van der Waals surface area contributed by atoms with Crippen molar-refractivity contribution >= 4 is 0 Å². The zero-order valence-electron chi connectivity index (χ0n) is 15.2. The van der Waals surface area contributed by atoms with Crippen LogP contribution in [0.4, 0.5) is 0 Å². The zero-order chi connectivity index (χ0) is 17.9. The van der Waals surface area contributed by atoms with Gasteiger partial charge in [0.25, 0.3) is 0 Å². The molecule has 0 bridgehead atoms. The second-order valence-electron chi connectivity index (χ2n) is 6.86. The highest BCUT2D eigenvalue weighted by Crippen LogP contribution is 2.36. The van der Waals surface area contributed by atoms with Gasteiger partial charge in [0.15, 0.2) is 5.76 Å². The topological polar surface area (TPSA) is 67.2 Å². The highest BCUT2D eigenvalue weighted by Gasteiger charge is 2.28. The van der Waals surface area contributed by atoms with Crippen LogP contribution in [0.2, 0.25) is 0 Å². The molecule has 3 heterocycles. The fourth-order valence-electron chi connectivity index (χ4n) is 3.75. The fraction of sp³-hybridized carbons (Fsp3) is 0.400. The molecular formula is C20H24N4O2. The van der Waals surface area contributed by atoms with Gasteiger partial charge >= 0.3 is 0 Å². The summed E-state index contributed by atoms with van der Waals surface area (Å²) in [5, 5.41) is 11.5. The lowest BCUT2D eigenvalue weighted by atomic mass is 9.95. The summed E-state index contributed by atoms with van der Waals surface area (Å²) in [4.78, 5) is 2.51. The smallest absolute Gasteiger partial charge is 0.170 e. The van der Waals surface area contributed by atoms with E-state index in [9.17, 15) is 0 Å². The maximum atomic E-state index is 5.48. The number of aromatic amines is 1. The van der Waals surface area contributed by atoms with Gasteiger partial charge in [0, 0.05) is 12.6 Å². The first-order chi connectivity index (χ1) is 12.7. The third-order valence-electron chi connectivity index (χ3n) is 5.03. The van der Waals surface area contributed by atoms with Crippen molar-refractivity contribution in [2.45, 2.75) is 38.8 Å². The lowest BCUT2D eigenvalue weighted by Gasteiger charge is -2.35. The standard InChI is InChI=1S/C20H24N4O2/c1-14-10-19(26-23-14)17-12-21-22-20(17)18-8-3-4-9-24(18)13-15-6-5-7-16(11-15)25-2/h5-7,10-12,18H,3-4,8-9,13H2,1-2H3,(H,21,22)/t18-/m1/s1. The van der Waals surface area contributed by atoms with Crippen molar-refractivity contribution in [1.82, 2.24) is 20.3 Å². The molecule has 0 unspecified atom stereocenters. The Bertz CT molecular complexity index is 870. The number of aromatic nitrogens is 3. The van der Waals surface area contributed by atoms with Crippen LogP contribution in [0.3, 0.4) is 0 Å². The number of likely N-dealkylation sites (tertiary alicyclic amines) is 1. The van der Waals surface area contributed by atoms with E-state index in [-0.39, 0.29) is 6.04 Å². The second-order valence-corrected chi connectivity index (χ2v) is 6.86. The van der Waals surface area contributed by atoms with E-state index in [0.29, 0.717) is 0 Å². The van der Waals surface area contributed by atoms with Gasteiger partial charge in [0.05, 0.1) is 36.3 Å². The number of hydrogen-bond acceptors (Lipinski definition) is 5. The summed E-state index contributed by atoms with van der Waals surface area (Å²) in [6, 6.07) is 10.5. The molecule has 1 saturated heterocycles. The summed E-state index contributed by atoms with van der Waals surface area (Å²) in [5.74, 6) is 1.67. The van der Waals surface area contributed by atoms with Gasteiger partial charge in [-0.2, -0.15) is 5.10 Å². The maximum absolute atomic E-state index is 5.48. The molecule has 1 fully saturated rings. The molecule has 1 aliphatic rings. The predicted molar refractivity (Wildman–Crippen MR) is 98.8 cm³/mol. The van der Waals surface area contributed by atoms with E-state index >= 15 is 0 Å². The molecule has 136 valence electrons. The first-order valence-corrected chi connectivity index (χ1v) is 9.08. The molecule has 1 N–H and O–H groups in total. The Morgan fingerprint density at radius 1 is 1.31 bits per heavy atom. The van der Waals surface area contributed by atoms with Gasteiger partial charge in [-0.3, -0.25) is 10.00 Å². The van der Waals surface area contributed by atoms with Crippen LogP contribution in [0.25, 0.3) is 11.3 Å². The second kappa shape index (κ2) is 7.33. The average molecular weight is 352 g/mol. The minimum atomic E-state index is 0.290. The van der Waals surface area contributed by atoms with Crippen molar-refractivity contribution in [2.75, 3.05) is 13.7 Å². The molecule has 6 heteroatoms. The van der Waals surface area contributed by atoms with Gasteiger partial charge in [-0.05, 0) is 44.0 Å². The molecule has 1 atom stereocenters. The Hall–Kier alpha value is -2.60. The van der Waals surface area contributed by atoms with Crippen molar-refractivity contribution in [3.8, 4) is 17.1 Å². The fourth-order valence-corrected chi connectivity index (χ4v) is 3.75. The number of nitrogens with zero attached hydrogens (tertiary/aromatic N) is 3. The zero-order valence-corrected chi connectivity index (χ0v) is 15.2. The lowest BCUT2D eigenvalue weighted by molar-refractivity contribution is 0.137. The van der Waals surface area contributed by atoms with Crippen molar-refractivity contribution in [3.63, 3.8) is 0 Å². The number of H-pyrrole nitrogens is 1. The van der Waals surface area contributed by atoms with Crippen LogP contribution in [-0.2, 0) is 6.54 Å². The number of benzene rings is 1. The SMILES string of the molecule is COc1cccc(CN2CCCC[C@@H]2c2[nH]ncc2-c2cc(C)no2)c1. The largest absolute Gasteiger partial charge is 0.497 e. The molecule has 3 aromatic rings. The number of rotatable bonds is 5. The number of hydrogen-bond donors (Lipinski definition) is 1. The minimum Gasteiger partial charge on any atom is -0.497 e. The first kappa shape index (κ1) is 16.8. The van der Waals surface area contributed by atoms with Gasteiger partial charge in [0.1, 0.15) is 5.75 Å². The first-order valence-electron chi connectivity index (χ1n) is 9.08. The lowest BCUT2D eigenvalue weighted by Crippen LogP contribution is -2.33. The molecule has 4 rings (SSSR count). The van der Waals surface area contributed by atoms with Crippen LogP contribution in [0.1, 0.15) is 42.3 Å². The van der Waals surface area contributed by atoms with E-state index in [4.69, 9.17) is 9.26 Å². The number of piperidine rings is 1. The van der Waals surface area contributed by atoms with E-state index in [1.807, 2.05) is 31.3 Å².